The second kappa shape index (κ2) is 12.9. The Hall–Kier alpha value is -0.510. The molecule has 0 bridgehead atoms. The molecule has 28 heavy (non-hydrogen) atoms. The minimum atomic E-state index is 0. The average molecular weight is 519 g/mol. The van der Waals surface area contributed by atoms with Gasteiger partial charge in [-0.15, -0.1) is 24.0 Å². The molecule has 0 spiro atoms. The van der Waals surface area contributed by atoms with E-state index in [1.165, 1.54) is 29.7 Å². The third-order valence-electron chi connectivity index (χ3n) is 5.01. The van der Waals surface area contributed by atoms with Crippen molar-refractivity contribution in [2.45, 2.75) is 51.1 Å². The largest absolute Gasteiger partial charge is 0.376 e. The summed E-state index contributed by atoms with van der Waals surface area (Å²) in [5, 5.41) is 7.61. The molecular formula is C21H35IN4OS. The monoisotopic (exact) mass is 518 g/mol. The van der Waals surface area contributed by atoms with Gasteiger partial charge in [-0.1, -0.05) is 24.3 Å². The van der Waals surface area contributed by atoms with Gasteiger partial charge >= 0.3 is 0 Å². The molecule has 0 aromatic heterocycles. The number of guanidine groups is 1. The van der Waals surface area contributed by atoms with Gasteiger partial charge in [0.05, 0.1) is 19.3 Å². The van der Waals surface area contributed by atoms with E-state index in [1.54, 1.807) is 0 Å². The predicted molar refractivity (Wildman–Crippen MR) is 131 cm³/mol. The Morgan fingerprint density at radius 3 is 2.93 bits per heavy atom. The van der Waals surface area contributed by atoms with E-state index in [0.29, 0.717) is 12.6 Å². The number of halogens is 1. The highest BCUT2D eigenvalue weighted by Crippen LogP contribution is 2.25. The van der Waals surface area contributed by atoms with E-state index in [9.17, 15) is 0 Å². The molecule has 5 nitrogen and oxygen atoms in total. The van der Waals surface area contributed by atoms with Crippen molar-refractivity contribution in [3.8, 4) is 0 Å². The number of benzene rings is 1. The molecule has 2 saturated heterocycles. The summed E-state index contributed by atoms with van der Waals surface area (Å²) < 4.78 is 5.64. The van der Waals surface area contributed by atoms with Crippen molar-refractivity contribution >= 4 is 41.7 Å². The van der Waals surface area contributed by atoms with Crippen LogP contribution in [-0.4, -0.2) is 60.8 Å². The molecule has 158 valence electrons. The zero-order chi connectivity index (χ0) is 18.9. The summed E-state index contributed by atoms with van der Waals surface area (Å²) in [6.45, 7) is 10.7. The van der Waals surface area contributed by atoms with E-state index in [2.05, 4.69) is 65.4 Å². The highest BCUT2D eigenvalue weighted by Gasteiger charge is 2.17. The lowest BCUT2D eigenvalue weighted by Crippen LogP contribution is -2.40. The number of hydrogen-bond acceptors (Lipinski definition) is 4. The fourth-order valence-electron chi connectivity index (χ4n) is 3.65. The Kier molecular flexibility index (Phi) is 11.0. The Balaban J connectivity index is 0.00000280. The normalized spacial score (nSPS) is 23.3. The number of nitrogens with one attached hydrogen (secondary N) is 2. The van der Waals surface area contributed by atoms with Gasteiger partial charge in [-0.3, -0.25) is 4.90 Å². The van der Waals surface area contributed by atoms with Gasteiger partial charge in [0.1, 0.15) is 0 Å². The molecule has 2 aliphatic rings. The second-order valence-corrected chi connectivity index (χ2v) is 8.86. The van der Waals surface area contributed by atoms with Crippen LogP contribution in [0.15, 0.2) is 29.3 Å². The van der Waals surface area contributed by atoms with Gasteiger partial charge in [0, 0.05) is 38.0 Å². The van der Waals surface area contributed by atoms with Crippen molar-refractivity contribution in [1.82, 2.24) is 15.5 Å². The molecular weight excluding hydrogens is 483 g/mol. The molecule has 2 aliphatic heterocycles. The lowest BCUT2D eigenvalue weighted by Gasteiger charge is -2.31. The van der Waals surface area contributed by atoms with E-state index < -0.39 is 0 Å². The zero-order valence-corrected chi connectivity index (χ0v) is 20.3. The fourth-order valence-corrected chi connectivity index (χ4v) is 4.85. The van der Waals surface area contributed by atoms with E-state index in [4.69, 9.17) is 9.73 Å². The van der Waals surface area contributed by atoms with Gasteiger partial charge in [-0.2, -0.15) is 11.8 Å². The van der Waals surface area contributed by atoms with Crippen LogP contribution in [0.2, 0.25) is 0 Å². The first kappa shape index (κ1) is 23.8. The standard InChI is InChI=1S/C21H34N4OS.HI/c1-3-22-21(24-14-20-8-5-11-27-20)23-13-18-6-4-7-19(12-18)16-25-9-10-26-17(2)15-25;/h4,6-7,12,17,20H,3,5,8-11,13-16H2,1-2H3,(H2,22,23,24);1H. The van der Waals surface area contributed by atoms with Crippen LogP contribution in [0.4, 0.5) is 0 Å². The maximum atomic E-state index is 5.64. The van der Waals surface area contributed by atoms with E-state index in [0.717, 1.165) is 50.5 Å². The predicted octanol–water partition coefficient (Wildman–Crippen LogP) is 3.48. The molecule has 0 aliphatic carbocycles. The van der Waals surface area contributed by atoms with Crippen molar-refractivity contribution in [3.05, 3.63) is 35.4 Å². The lowest BCUT2D eigenvalue weighted by atomic mass is 10.1. The number of thioether (sulfide) groups is 1. The minimum absolute atomic E-state index is 0. The summed E-state index contributed by atoms with van der Waals surface area (Å²) in [4.78, 5) is 7.27. The summed E-state index contributed by atoms with van der Waals surface area (Å²) in [5.41, 5.74) is 2.62. The van der Waals surface area contributed by atoms with Gasteiger partial charge in [-0.05, 0) is 43.6 Å². The summed E-state index contributed by atoms with van der Waals surface area (Å²) in [5.74, 6) is 2.23. The third kappa shape index (κ3) is 8.08. The molecule has 0 saturated carbocycles. The van der Waals surface area contributed by atoms with Gasteiger partial charge in [-0.25, -0.2) is 4.99 Å². The van der Waals surface area contributed by atoms with Crippen LogP contribution in [0.1, 0.15) is 37.8 Å². The van der Waals surface area contributed by atoms with Crippen LogP contribution in [0, 0.1) is 0 Å². The van der Waals surface area contributed by atoms with Crippen molar-refractivity contribution in [3.63, 3.8) is 0 Å². The Morgan fingerprint density at radius 1 is 1.32 bits per heavy atom. The zero-order valence-electron chi connectivity index (χ0n) is 17.2. The van der Waals surface area contributed by atoms with Crippen LogP contribution in [0.25, 0.3) is 0 Å². The van der Waals surface area contributed by atoms with Crippen molar-refractivity contribution in [2.75, 3.05) is 38.5 Å². The molecule has 7 heteroatoms. The van der Waals surface area contributed by atoms with Crippen LogP contribution in [0.5, 0.6) is 0 Å². The average Bonchev–Trinajstić information content (AvgIpc) is 3.18. The number of aliphatic imine (C=N–C) groups is 1. The molecule has 2 atom stereocenters. The summed E-state index contributed by atoms with van der Waals surface area (Å²) in [7, 11) is 0. The van der Waals surface area contributed by atoms with Crippen LogP contribution in [0.3, 0.4) is 0 Å². The maximum absolute atomic E-state index is 5.64. The van der Waals surface area contributed by atoms with E-state index >= 15 is 0 Å². The first-order valence-corrected chi connectivity index (χ1v) is 11.3. The first-order valence-electron chi connectivity index (χ1n) is 10.3. The third-order valence-corrected chi connectivity index (χ3v) is 6.41. The highest BCUT2D eigenvalue weighted by molar-refractivity contribution is 14.0. The smallest absolute Gasteiger partial charge is 0.191 e. The number of rotatable bonds is 7. The quantitative estimate of drug-likeness (QED) is 0.329. The molecule has 2 fully saturated rings. The molecule has 0 radical (unpaired) electrons. The van der Waals surface area contributed by atoms with Crippen LogP contribution >= 0.6 is 35.7 Å². The summed E-state index contributed by atoms with van der Waals surface area (Å²) in [6.07, 6.45) is 3.00. The highest BCUT2D eigenvalue weighted by atomic mass is 127. The van der Waals surface area contributed by atoms with Crippen LogP contribution < -0.4 is 10.6 Å². The SMILES string of the molecule is CCNC(=NCc1cccc(CN2CCOC(C)C2)c1)NCC1CCCS1.I. The Morgan fingerprint density at radius 2 is 2.18 bits per heavy atom. The number of morpholine rings is 1. The summed E-state index contributed by atoms with van der Waals surface area (Å²) in [6, 6.07) is 8.83. The molecule has 0 amide bonds. The molecule has 2 N–H and O–H groups in total. The van der Waals surface area contributed by atoms with Crippen LogP contribution in [-0.2, 0) is 17.8 Å². The molecule has 2 heterocycles. The van der Waals surface area contributed by atoms with E-state index in [-0.39, 0.29) is 24.0 Å². The second-order valence-electron chi connectivity index (χ2n) is 7.45. The van der Waals surface area contributed by atoms with Gasteiger partial charge < -0.3 is 15.4 Å². The maximum Gasteiger partial charge on any atom is 0.191 e. The van der Waals surface area contributed by atoms with E-state index in [1.807, 2.05) is 0 Å². The van der Waals surface area contributed by atoms with Crippen molar-refractivity contribution < 1.29 is 4.74 Å². The van der Waals surface area contributed by atoms with Crippen molar-refractivity contribution in [2.24, 2.45) is 4.99 Å². The molecule has 1 aromatic carbocycles. The first-order chi connectivity index (χ1) is 13.2. The van der Waals surface area contributed by atoms with Gasteiger partial charge in [0.25, 0.3) is 0 Å². The summed E-state index contributed by atoms with van der Waals surface area (Å²) >= 11 is 2.08. The van der Waals surface area contributed by atoms with Crippen molar-refractivity contribution in [1.29, 1.82) is 0 Å². The van der Waals surface area contributed by atoms with Gasteiger partial charge in [0.15, 0.2) is 5.96 Å². The molecule has 3 rings (SSSR count). The van der Waals surface area contributed by atoms with Gasteiger partial charge in [0.2, 0.25) is 0 Å². The molecule has 1 aromatic rings. The minimum Gasteiger partial charge on any atom is -0.376 e. The number of ether oxygens (including phenoxy) is 1. The number of nitrogens with zero attached hydrogens (tertiary/aromatic N) is 2. The lowest BCUT2D eigenvalue weighted by molar-refractivity contribution is -0.0212. The molecule has 2 unspecified atom stereocenters. The fraction of sp³-hybridized carbons (Fsp3) is 0.667. The Bertz CT molecular complexity index is 610. The number of hydrogen-bond donors (Lipinski definition) is 2. The topological polar surface area (TPSA) is 48.9 Å². The Labute approximate surface area is 191 Å².